The second-order valence-corrected chi connectivity index (χ2v) is 4.57. The minimum Gasteiger partial charge on any atom is -0.368 e. The molecule has 1 aliphatic rings. The highest BCUT2D eigenvalue weighted by molar-refractivity contribution is 5.89. The number of carbonyl (C=O) groups excluding carboxylic acids is 2. The zero-order chi connectivity index (χ0) is 14.5. The number of carbonyl (C=O) groups is 2. The first-order chi connectivity index (χ1) is 9.63. The number of nitrogens with two attached hydrogens (primary N) is 1. The van der Waals surface area contributed by atoms with E-state index in [1.54, 1.807) is 0 Å². The van der Waals surface area contributed by atoms with E-state index in [2.05, 4.69) is 11.2 Å². The van der Waals surface area contributed by atoms with E-state index in [-0.39, 0.29) is 6.42 Å². The zero-order valence-corrected chi connectivity index (χ0v) is 11.0. The summed E-state index contributed by atoms with van der Waals surface area (Å²) >= 11 is 0. The first-order valence-electron chi connectivity index (χ1n) is 6.36. The van der Waals surface area contributed by atoms with E-state index < -0.39 is 24.0 Å². The summed E-state index contributed by atoms with van der Waals surface area (Å²) in [5, 5.41) is 2.55. The summed E-state index contributed by atoms with van der Waals surface area (Å²) in [4.78, 5) is 23.5. The molecule has 2 atom stereocenters. The molecule has 2 amide bonds. The number of terminal acetylenes is 1. The minimum absolute atomic E-state index is 0.0649. The molecule has 0 fully saturated rings. The molecule has 0 aromatic heterocycles. The zero-order valence-electron chi connectivity index (χ0n) is 11.0. The second kappa shape index (κ2) is 6.22. The van der Waals surface area contributed by atoms with Crippen molar-refractivity contribution < 1.29 is 14.3 Å². The molecule has 0 saturated carbocycles. The Morgan fingerprint density at radius 3 is 2.95 bits per heavy atom. The predicted molar refractivity (Wildman–Crippen MR) is 73.4 cm³/mol. The molecule has 104 valence electrons. The van der Waals surface area contributed by atoms with Gasteiger partial charge in [-0.15, -0.1) is 12.3 Å². The summed E-state index contributed by atoms with van der Waals surface area (Å²) in [5.74, 6) is 1.28. The fourth-order valence-corrected chi connectivity index (χ4v) is 2.20. The molecular formula is C15H16N2O3. The van der Waals surface area contributed by atoms with Crippen molar-refractivity contribution in [2.24, 2.45) is 5.73 Å². The van der Waals surface area contributed by atoms with Gasteiger partial charge < -0.3 is 15.8 Å². The van der Waals surface area contributed by atoms with Crippen LogP contribution in [0.25, 0.3) is 0 Å². The van der Waals surface area contributed by atoms with Crippen molar-refractivity contribution in [2.75, 3.05) is 6.61 Å². The molecule has 1 heterocycles. The molecule has 1 aromatic rings. The van der Waals surface area contributed by atoms with Gasteiger partial charge in [-0.3, -0.25) is 9.59 Å². The highest BCUT2D eigenvalue weighted by Gasteiger charge is 2.29. The van der Waals surface area contributed by atoms with Crippen LogP contribution in [0.4, 0.5) is 0 Å². The Balaban J connectivity index is 2.14. The standard InChI is InChI=1S/C15H16N2O3/c1-2-5-12(14(16)18)17-15(19)13-11-7-4-3-6-10(11)8-9-20-13/h1,3-4,6-7,12-13H,5,8-9H2,(H2,16,18)(H,17,19)/t12-,13-/m1/s1. The topological polar surface area (TPSA) is 81.4 Å². The molecule has 0 aliphatic carbocycles. The van der Waals surface area contributed by atoms with Crippen molar-refractivity contribution in [3.63, 3.8) is 0 Å². The van der Waals surface area contributed by atoms with Gasteiger partial charge in [-0.1, -0.05) is 24.3 Å². The number of amides is 2. The minimum atomic E-state index is -0.870. The van der Waals surface area contributed by atoms with Gasteiger partial charge in [-0.2, -0.15) is 0 Å². The monoisotopic (exact) mass is 272 g/mol. The van der Waals surface area contributed by atoms with E-state index in [1.807, 2.05) is 24.3 Å². The molecule has 0 spiro atoms. The number of hydrogen-bond acceptors (Lipinski definition) is 3. The maximum atomic E-state index is 12.2. The van der Waals surface area contributed by atoms with Gasteiger partial charge in [0.1, 0.15) is 6.04 Å². The maximum Gasteiger partial charge on any atom is 0.254 e. The number of hydrogen-bond donors (Lipinski definition) is 2. The van der Waals surface area contributed by atoms with Crippen molar-refractivity contribution in [1.82, 2.24) is 5.32 Å². The number of fused-ring (bicyclic) bond motifs is 1. The molecule has 2 rings (SSSR count). The van der Waals surface area contributed by atoms with Crippen molar-refractivity contribution in [2.45, 2.75) is 25.0 Å². The fourth-order valence-electron chi connectivity index (χ4n) is 2.20. The molecule has 1 aromatic carbocycles. The van der Waals surface area contributed by atoms with Crippen LogP contribution in [-0.4, -0.2) is 24.5 Å². The van der Waals surface area contributed by atoms with E-state index in [0.717, 1.165) is 17.5 Å². The molecule has 0 bridgehead atoms. The lowest BCUT2D eigenvalue weighted by Crippen LogP contribution is -2.46. The van der Waals surface area contributed by atoms with Crippen molar-refractivity contribution in [3.05, 3.63) is 35.4 Å². The average molecular weight is 272 g/mol. The summed E-state index contributed by atoms with van der Waals surface area (Å²) < 4.78 is 5.51. The van der Waals surface area contributed by atoms with E-state index in [9.17, 15) is 9.59 Å². The molecule has 5 heteroatoms. The molecule has 1 aliphatic heterocycles. The summed E-state index contributed by atoms with van der Waals surface area (Å²) in [7, 11) is 0. The lowest BCUT2D eigenvalue weighted by Gasteiger charge is -2.26. The predicted octanol–water partition coefficient (Wildman–Crippen LogP) is 0.294. The van der Waals surface area contributed by atoms with E-state index in [0.29, 0.717) is 6.61 Å². The largest absolute Gasteiger partial charge is 0.368 e. The molecular weight excluding hydrogens is 256 g/mol. The molecule has 0 radical (unpaired) electrons. The van der Waals surface area contributed by atoms with Crippen molar-refractivity contribution >= 4 is 11.8 Å². The summed E-state index contributed by atoms with van der Waals surface area (Å²) in [6, 6.07) is 6.71. The van der Waals surface area contributed by atoms with Gasteiger partial charge >= 0.3 is 0 Å². The van der Waals surface area contributed by atoms with Crippen LogP contribution >= 0.6 is 0 Å². The van der Waals surface area contributed by atoms with Gasteiger partial charge in [0.25, 0.3) is 5.91 Å². The van der Waals surface area contributed by atoms with Crippen molar-refractivity contribution in [1.29, 1.82) is 0 Å². The quantitative estimate of drug-likeness (QED) is 0.773. The fraction of sp³-hybridized carbons (Fsp3) is 0.333. The maximum absolute atomic E-state index is 12.2. The number of benzene rings is 1. The highest BCUT2D eigenvalue weighted by atomic mass is 16.5. The summed E-state index contributed by atoms with van der Waals surface area (Å²) in [5.41, 5.74) is 7.10. The highest BCUT2D eigenvalue weighted by Crippen LogP contribution is 2.27. The van der Waals surface area contributed by atoms with Crippen LogP contribution in [0.3, 0.4) is 0 Å². The van der Waals surface area contributed by atoms with Gasteiger partial charge in [0, 0.05) is 6.42 Å². The van der Waals surface area contributed by atoms with Crippen LogP contribution in [0.5, 0.6) is 0 Å². The summed E-state index contributed by atoms with van der Waals surface area (Å²) in [6.07, 6.45) is 5.27. The second-order valence-electron chi connectivity index (χ2n) is 4.57. The Morgan fingerprint density at radius 1 is 1.50 bits per heavy atom. The molecule has 0 saturated heterocycles. The first kappa shape index (κ1) is 14.1. The Kier molecular flexibility index (Phi) is 4.38. The van der Waals surface area contributed by atoms with Gasteiger partial charge in [0.15, 0.2) is 6.10 Å². The molecule has 0 unspecified atom stereocenters. The van der Waals surface area contributed by atoms with Crippen LogP contribution in [0.1, 0.15) is 23.7 Å². The average Bonchev–Trinajstić information content (AvgIpc) is 2.46. The molecule has 3 N–H and O–H groups in total. The Morgan fingerprint density at radius 2 is 2.25 bits per heavy atom. The lowest BCUT2D eigenvalue weighted by molar-refractivity contribution is -0.137. The number of rotatable bonds is 4. The van der Waals surface area contributed by atoms with E-state index >= 15 is 0 Å². The third kappa shape index (κ3) is 2.98. The van der Waals surface area contributed by atoms with Crippen molar-refractivity contribution in [3.8, 4) is 12.3 Å². The normalized spacial score (nSPS) is 18.4. The Bertz CT molecular complexity index is 562. The number of primary amides is 1. The smallest absolute Gasteiger partial charge is 0.254 e. The third-order valence-corrected chi connectivity index (χ3v) is 3.21. The third-order valence-electron chi connectivity index (χ3n) is 3.21. The van der Waals surface area contributed by atoms with Gasteiger partial charge in [-0.05, 0) is 17.5 Å². The molecule has 20 heavy (non-hydrogen) atoms. The van der Waals surface area contributed by atoms with Gasteiger partial charge in [0.05, 0.1) is 6.61 Å². The summed E-state index contributed by atoms with van der Waals surface area (Å²) in [6.45, 7) is 0.464. The number of ether oxygens (including phenoxy) is 1. The number of nitrogens with one attached hydrogen (secondary N) is 1. The van der Waals surface area contributed by atoms with Crippen LogP contribution in [-0.2, 0) is 20.7 Å². The Labute approximate surface area is 117 Å². The van der Waals surface area contributed by atoms with Gasteiger partial charge in [-0.25, -0.2) is 0 Å². The van der Waals surface area contributed by atoms with E-state index in [4.69, 9.17) is 16.9 Å². The lowest BCUT2D eigenvalue weighted by atomic mass is 9.97. The van der Waals surface area contributed by atoms with E-state index in [1.165, 1.54) is 0 Å². The SMILES string of the molecule is C#CC[C@@H](NC(=O)[C@@H]1OCCc2ccccc21)C(N)=O. The van der Waals surface area contributed by atoms with Gasteiger partial charge in [0.2, 0.25) is 5.91 Å². The van der Waals surface area contributed by atoms with Crippen LogP contribution in [0.2, 0.25) is 0 Å². The van der Waals surface area contributed by atoms with Crippen LogP contribution in [0, 0.1) is 12.3 Å². The Hall–Kier alpha value is -2.32. The van der Waals surface area contributed by atoms with Crippen LogP contribution in [0.15, 0.2) is 24.3 Å². The van der Waals surface area contributed by atoms with Crippen LogP contribution < -0.4 is 11.1 Å². The first-order valence-corrected chi connectivity index (χ1v) is 6.36. The molecule has 5 nitrogen and oxygen atoms in total.